The van der Waals surface area contributed by atoms with Crippen LogP contribution in [0.2, 0.25) is 0 Å². The third-order valence-corrected chi connectivity index (χ3v) is 4.74. The van der Waals surface area contributed by atoms with Gasteiger partial charge in [-0.1, -0.05) is 25.5 Å². The van der Waals surface area contributed by atoms with Crippen molar-refractivity contribution < 1.29 is 4.79 Å². The van der Waals surface area contributed by atoms with E-state index in [-0.39, 0.29) is 23.4 Å². The number of hydrogen-bond donors (Lipinski definition) is 3. The van der Waals surface area contributed by atoms with Gasteiger partial charge in [-0.3, -0.25) is 9.59 Å². The molecule has 0 saturated heterocycles. The molecule has 2 atom stereocenters. The second-order valence-electron chi connectivity index (χ2n) is 6.63. The summed E-state index contributed by atoms with van der Waals surface area (Å²) < 4.78 is 0. The molecule has 1 fully saturated rings. The number of nitrogens with zero attached hydrogens (tertiary/aromatic N) is 1. The van der Waals surface area contributed by atoms with Crippen molar-refractivity contribution in [2.24, 2.45) is 11.7 Å². The monoisotopic (exact) mass is 340 g/mol. The SMILES string of the molecule is CCc1cc(=O)[nH]c(-c2cccc(NC(=O)C[C@@H]3CCC[C@H]3N)c2)n1. The van der Waals surface area contributed by atoms with Gasteiger partial charge in [0.1, 0.15) is 5.82 Å². The number of amides is 1. The summed E-state index contributed by atoms with van der Waals surface area (Å²) in [5.41, 5.74) is 8.06. The van der Waals surface area contributed by atoms with Gasteiger partial charge >= 0.3 is 0 Å². The lowest BCUT2D eigenvalue weighted by molar-refractivity contribution is -0.117. The van der Waals surface area contributed by atoms with Crippen LogP contribution in [0.25, 0.3) is 11.4 Å². The van der Waals surface area contributed by atoms with Crippen molar-refractivity contribution in [1.29, 1.82) is 0 Å². The number of benzene rings is 1. The van der Waals surface area contributed by atoms with E-state index in [9.17, 15) is 9.59 Å². The lowest BCUT2D eigenvalue weighted by atomic mass is 10.00. The molecule has 132 valence electrons. The van der Waals surface area contributed by atoms with Crippen LogP contribution >= 0.6 is 0 Å². The summed E-state index contributed by atoms with van der Waals surface area (Å²) in [7, 11) is 0. The molecule has 1 aliphatic rings. The van der Waals surface area contributed by atoms with Crippen LogP contribution < -0.4 is 16.6 Å². The van der Waals surface area contributed by atoms with Crippen molar-refractivity contribution in [1.82, 2.24) is 9.97 Å². The smallest absolute Gasteiger partial charge is 0.251 e. The van der Waals surface area contributed by atoms with Crippen LogP contribution in [0.4, 0.5) is 5.69 Å². The van der Waals surface area contributed by atoms with Crippen LogP contribution in [-0.4, -0.2) is 21.9 Å². The Morgan fingerprint density at radius 2 is 2.20 bits per heavy atom. The Hall–Kier alpha value is -2.47. The highest BCUT2D eigenvalue weighted by Gasteiger charge is 2.26. The van der Waals surface area contributed by atoms with Crippen LogP contribution in [0.1, 0.15) is 38.3 Å². The highest BCUT2D eigenvalue weighted by molar-refractivity contribution is 5.91. The van der Waals surface area contributed by atoms with E-state index in [0.717, 1.165) is 30.5 Å². The topological polar surface area (TPSA) is 101 Å². The van der Waals surface area contributed by atoms with Gasteiger partial charge in [0.15, 0.2) is 0 Å². The Labute approximate surface area is 146 Å². The van der Waals surface area contributed by atoms with Crippen LogP contribution in [0.15, 0.2) is 35.1 Å². The second-order valence-corrected chi connectivity index (χ2v) is 6.63. The molecule has 0 aliphatic heterocycles. The van der Waals surface area contributed by atoms with Gasteiger partial charge in [-0.05, 0) is 37.3 Å². The fraction of sp³-hybridized carbons (Fsp3) is 0.421. The van der Waals surface area contributed by atoms with Gasteiger partial charge in [-0.2, -0.15) is 0 Å². The Balaban J connectivity index is 1.74. The molecule has 0 radical (unpaired) electrons. The summed E-state index contributed by atoms with van der Waals surface area (Å²) in [6.07, 6.45) is 4.26. The minimum absolute atomic E-state index is 0.0248. The summed E-state index contributed by atoms with van der Waals surface area (Å²) in [6.45, 7) is 1.95. The Kier molecular flexibility index (Phi) is 5.28. The molecule has 3 rings (SSSR count). The first-order chi connectivity index (χ1) is 12.0. The minimum Gasteiger partial charge on any atom is -0.327 e. The number of carbonyl (C=O) groups is 1. The first-order valence-electron chi connectivity index (χ1n) is 8.81. The van der Waals surface area contributed by atoms with Crippen molar-refractivity contribution in [3.05, 3.63) is 46.4 Å². The van der Waals surface area contributed by atoms with Crippen LogP contribution in [0.5, 0.6) is 0 Å². The Morgan fingerprint density at radius 3 is 2.92 bits per heavy atom. The number of rotatable bonds is 5. The molecular weight excluding hydrogens is 316 g/mol. The predicted molar refractivity (Wildman–Crippen MR) is 98.2 cm³/mol. The van der Waals surface area contributed by atoms with Crippen LogP contribution in [0, 0.1) is 5.92 Å². The van der Waals surface area contributed by atoms with E-state index < -0.39 is 0 Å². The number of carbonyl (C=O) groups excluding carboxylic acids is 1. The maximum atomic E-state index is 12.3. The minimum atomic E-state index is -0.175. The molecule has 1 heterocycles. The van der Waals surface area contributed by atoms with E-state index in [4.69, 9.17) is 5.73 Å². The lowest BCUT2D eigenvalue weighted by Crippen LogP contribution is -2.28. The van der Waals surface area contributed by atoms with Gasteiger partial charge in [-0.15, -0.1) is 0 Å². The number of hydrogen-bond acceptors (Lipinski definition) is 4. The molecule has 0 unspecified atom stereocenters. The van der Waals surface area contributed by atoms with Gasteiger partial charge in [0, 0.05) is 35.5 Å². The maximum Gasteiger partial charge on any atom is 0.251 e. The lowest BCUT2D eigenvalue weighted by Gasteiger charge is -2.15. The molecule has 1 aromatic carbocycles. The molecule has 0 bridgehead atoms. The number of aryl methyl sites for hydroxylation is 1. The largest absolute Gasteiger partial charge is 0.327 e. The van der Waals surface area contributed by atoms with E-state index in [1.54, 1.807) is 0 Å². The van der Waals surface area contributed by atoms with Crippen LogP contribution in [-0.2, 0) is 11.2 Å². The summed E-state index contributed by atoms with van der Waals surface area (Å²) in [5, 5.41) is 2.93. The fourth-order valence-electron chi connectivity index (χ4n) is 3.34. The first-order valence-corrected chi connectivity index (χ1v) is 8.81. The zero-order valence-corrected chi connectivity index (χ0v) is 14.4. The molecule has 0 spiro atoms. The molecular formula is C19H24N4O2. The first kappa shape index (κ1) is 17.4. The molecule has 1 amide bonds. The predicted octanol–water partition coefficient (Wildman–Crippen LogP) is 2.46. The highest BCUT2D eigenvalue weighted by Crippen LogP contribution is 2.27. The van der Waals surface area contributed by atoms with Crippen molar-refractivity contribution in [2.75, 3.05) is 5.32 Å². The molecule has 25 heavy (non-hydrogen) atoms. The van der Waals surface area contributed by atoms with Crippen molar-refractivity contribution in [3.8, 4) is 11.4 Å². The molecule has 4 N–H and O–H groups in total. The summed E-state index contributed by atoms with van der Waals surface area (Å²) in [6, 6.07) is 8.98. The van der Waals surface area contributed by atoms with E-state index in [0.29, 0.717) is 24.4 Å². The van der Waals surface area contributed by atoms with Gasteiger partial charge in [0.2, 0.25) is 5.91 Å². The molecule has 6 nitrogen and oxygen atoms in total. The molecule has 1 saturated carbocycles. The van der Waals surface area contributed by atoms with Gasteiger partial charge in [-0.25, -0.2) is 4.98 Å². The molecule has 2 aromatic rings. The molecule has 6 heteroatoms. The van der Waals surface area contributed by atoms with E-state index in [1.807, 2.05) is 31.2 Å². The number of aromatic nitrogens is 2. The third-order valence-electron chi connectivity index (χ3n) is 4.74. The van der Waals surface area contributed by atoms with Gasteiger partial charge < -0.3 is 16.0 Å². The summed E-state index contributed by atoms with van der Waals surface area (Å²) >= 11 is 0. The quantitative estimate of drug-likeness (QED) is 0.778. The number of nitrogens with two attached hydrogens (primary N) is 1. The molecule has 1 aliphatic carbocycles. The summed E-state index contributed by atoms with van der Waals surface area (Å²) in [4.78, 5) is 31.2. The normalized spacial score (nSPS) is 19.8. The standard InChI is InChI=1S/C19H24N4O2/c1-2-14-11-18(25)23-19(22-14)13-6-3-7-15(9-13)21-17(24)10-12-5-4-8-16(12)20/h3,6-7,9,11-12,16H,2,4-5,8,10,20H2,1H3,(H,21,24)(H,22,23,25)/t12-,16+/m0/s1. The van der Waals surface area contributed by atoms with Crippen molar-refractivity contribution in [2.45, 2.75) is 45.1 Å². The zero-order chi connectivity index (χ0) is 17.8. The number of aromatic amines is 1. The average molecular weight is 340 g/mol. The Morgan fingerprint density at radius 1 is 1.36 bits per heavy atom. The van der Waals surface area contributed by atoms with Crippen molar-refractivity contribution in [3.63, 3.8) is 0 Å². The van der Waals surface area contributed by atoms with E-state index in [2.05, 4.69) is 15.3 Å². The van der Waals surface area contributed by atoms with Gasteiger partial charge in [0.25, 0.3) is 5.56 Å². The fourth-order valence-corrected chi connectivity index (χ4v) is 3.34. The van der Waals surface area contributed by atoms with Crippen molar-refractivity contribution >= 4 is 11.6 Å². The van der Waals surface area contributed by atoms with E-state index in [1.165, 1.54) is 6.07 Å². The molecule has 1 aromatic heterocycles. The Bertz CT molecular complexity index is 815. The third kappa shape index (κ3) is 4.33. The maximum absolute atomic E-state index is 12.3. The average Bonchev–Trinajstić information content (AvgIpc) is 2.99. The zero-order valence-electron chi connectivity index (χ0n) is 14.4. The summed E-state index contributed by atoms with van der Waals surface area (Å²) in [5.74, 6) is 0.754. The van der Waals surface area contributed by atoms with Gasteiger partial charge in [0.05, 0.1) is 0 Å². The van der Waals surface area contributed by atoms with E-state index >= 15 is 0 Å². The number of H-pyrrole nitrogens is 1. The van der Waals surface area contributed by atoms with Crippen LogP contribution in [0.3, 0.4) is 0 Å². The highest BCUT2D eigenvalue weighted by atomic mass is 16.1. The number of nitrogens with one attached hydrogen (secondary N) is 2. The number of anilines is 1. The second kappa shape index (κ2) is 7.61.